The zero-order valence-electron chi connectivity index (χ0n) is 20.4. The maximum absolute atomic E-state index is 12.7. The molecule has 0 aliphatic rings. The zero-order valence-corrected chi connectivity index (χ0v) is 23.6. The lowest BCUT2D eigenvalue weighted by Crippen LogP contribution is -2.14. The van der Waals surface area contributed by atoms with Crippen LogP contribution in [-0.4, -0.2) is 52.7 Å². The van der Waals surface area contributed by atoms with Gasteiger partial charge in [0.2, 0.25) is 11.7 Å². The summed E-state index contributed by atoms with van der Waals surface area (Å²) in [5.41, 5.74) is 2.51. The van der Waals surface area contributed by atoms with Gasteiger partial charge in [-0.3, -0.25) is 9.36 Å². The Balaban J connectivity index is 1.48. The summed E-state index contributed by atoms with van der Waals surface area (Å²) in [6.07, 6.45) is 1.74. The van der Waals surface area contributed by atoms with E-state index in [1.165, 1.54) is 23.1 Å². The average Bonchev–Trinajstić information content (AvgIpc) is 3.54. The van der Waals surface area contributed by atoms with E-state index < -0.39 is 0 Å². The Labute approximate surface area is 231 Å². The second kappa shape index (κ2) is 12.3. The number of amides is 1. The van der Waals surface area contributed by atoms with Crippen molar-refractivity contribution in [1.29, 1.82) is 0 Å². The van der Waals surface area contributed by atoms with Crippen LogP contribution in [0, 0.1) is 0 Å². The number of nitrogens with one attached hydrogen (secondary N) is 1. The summed E-state index contributed by atoms with van der Waals surface area (Å²) in [5.74, 6) is 2.03. The third kappa shape index (κ3) is 6.14. The number of ether oxygens (including phenoxy) is 3. The molecule has 1 amide bonds. The number of halogens is 1. The summed E-state index contributed by atoms with van der Waals surface area (Å²) in [7, 11) is 4.66. The number of carbonyl (C=O) groups is 1. The number of aromatic nitrogens is 4. The molecule has 4 aromatic rings. The number of hydrogen-bond acceptors (Lipinski definition) is 9. The molecule has 2 heterocycles. The number of benzene rings is 2. The summed E-state index contributed by atoms with van der Waals surface area (Å²) < 4.78 is 19.2. The van der Waals surface area contributed by atoms with E-state index in [1.54, 1.807) is 39.5 Å². The monoisotopic (exact) mass is 601 g/mol. The second-order valence-electron chi connectivity index (χ2n) is 7.50. The Morgan fingerprint density at radius 2 is 1.81 bits per heavy atom. The van der Waals surface area contributed by atoms with Gasteiger partial charge in [0, 0.05) is 27.5 Å². The molecule has 1 N–H and O–H groups in total. The summed E-state index contributed by atoms with van der Waals surface area (Å²) >= 11 is 6.08. The van der Waals surface area contributed by atoms with Crippen LogP contribution in [0.2, 0.25) is 0 Å². The molecule has 0 radical (unpaired) electrons. The fraction of sp³-hybridized carbons (Fsp3) is 0.200. The topological polar surface area (TPSA) is 100 Å². The van der Waals surface area contributed by atoms with Crippen LogP contribution in [0.4, 0.5) is 5.13 Å². The van der Waals surface area contributed by atoms with Gasteiger partial charge in [0.15, 0.2) is 27.6 Å². The first-order valence-electron chi connectivity index (χ1n) is 11.0. The minimum atomic E-state index is -0.191. The number of anilines is 1. The molecule has 0 atom stereocenters. The molecule has 0 saturated heterocycles. The quantitative estimate of drug-likeness (QED) is 0.171. The van der Waals surface area contributed by atoms with E-state index >= 15 is 0 Å². The third-order valence-corrected chi connectivity index (χ3v) is 7.43. The van der Waals surface area contributed by atoms with E-state index in [0.717, 1.165) is 21.3 Å². The maximum atomic E-state index is 12.7. The SMILES string of the molecule is C=CCn1c(SCC(=O)Nc2nc(-c3ccc(Br)cc3)cs2)nnc1-c1cc(OC)c(OC)c(OC)c1. The van der Waals surface area contributed by atoms with Gasteiger partial charge in [-0.1, -0.05) is 45.9 Å². The predicted octanol–water partition coefficient (Wildman–Crippen LogP) is 5.77. The van der Waals surface area contributed by atoms with Crippen molar-refractivity contribution >= 4 is 50.1 Å². The molecule has 0 aliphatic heterocycles. The highest BCUT2D eigenvalue weighted by Gasteiger charge is 2.20. The molecule has 192 valence electrons. The van der Waals surface area contributed by atoms with E-state index in [9.17, 15) is 4.79 Å². The normalized spacial score (nSPS) is 10.7. The molecule has 2 aromatic heterocycles. The highest BCUT2D eigenvalue weighted by atomic mass is 79.9. The van der Waals surface area contributed by atoms with Crippen molar-refractivity contribution in [2.24, 2.45) is 0 Å². The van der Waals surface area contributed by atoms with Crippen molar-refractivity contribution < 1.29 is 19.0 Å². The van der Waals surface area contributed by atoms with Crippen LogP contribution >= 0.6 is 39.0 Å². The van der Waals surface area contributed by atoms with Gasteiger partial charge in [0.05, 0.1) is 32.8 Å². The number of allylic oxidation sites excluding steroid dienone is 1. The lowest BCUT2D eigenvalue weighted by molar-refractivity contribution is -0.113. The van der Waals surface area contributed by atoms with Crippen LogP contribution < -0.4 is 19.5 Å². The van der Waals surface area contributed by atoms with E-state index in [-0.39, 0.29) is 11.7 Å². The Hall–Kier alpha value is -3.35. The number of rotatable bonds is 11. The molecule has 9 nitrogen and oxygen atoms in total. The molecule has 2 aromatic carbocycles. The number of carbonyl (C=O) groups excluding carboxylic acids is 1. The highest BCUT2D eigenvalue weighted by molar-refractivity contribution is 9.10. The van der Waals surface area contributed by atoms with E-state index in [2.05, 4.69) is 43.0 Å². The summed E-state index contributed by atoms with van der Waals surface area (Å²) in [6.45, 7) is 4.30. The fourth-order valence-corrected chi connectivity index (χ4v) is 5.23. The van der Waals surface area contributed by atoms with Crippen molar-refractivity contribution in [3.05, 3.63) is 58.9 Å². The standard InChI is InChI=1S/C25H24BrN5O4S2/c1-5-10-31-23(16-11-19(33-2)22(35-4)20(12-16)34-3)29-30-25(31)37-14-21(32)28-24-27-18(13-36-24)15-6-8-17(26)9-7-15/h5-9,11-13H,1,10,14H2,2-4H3,(H,27,28,32). The Bertz CT molecular complexity index is 1380. The summed E-state index contributed by atoms with van der Waals surface area (Å²) in [4.78, 5) is 17.2. The van der Waals surface area contributed by atoms with Crippen molar-refractivity contribution in [3.63, 3.8) is 0 Å². The second-order valence-corrected chi connectivity index (χ2v) is 10.2. The molecule has 37 heavy (non-hydrogen) atoms. The average molecular weight is 603 g/mol. The van der Waals surface area contributed by atoms with Crippen LogP contribution in [0.1, 0.15) is 0 Å². The van der Waals surface area contributed by atoms with E-state index in [4.69, 9.17) is 14.2 Å². The first-order valence-corrected chi connectivity index (χ1v) is 13.6. The zero-order chi connectivity index (χ0) is 26.4. The lowest BCUT2D eigenvalue weighted by Gasteiger charge is -2.14. The minimum absolute atomic E-state index is 0.137. The van der Waals surface area contributed by atoms with Crippen LogP contribution in [-0.2, 0) is 11.3 Å². The number of thiazole rings is 1. The summed E-state index contributed by atoms with van der Waals surface area (Å²) in [5, 5.41) is 14.6. The van der Waals surface area contributed by atoms with Crippen LogP contribution in [0.25, 0.3) is 22.6 Å². The molecule has 0 fully saturated rings. The van der Waals surface area contributed by atoms with Crippen molar-refractivity contribution in [3.8, 4) is 39.9 Å². The number of methoxy groups -OCH3 is 3. The van der Waals surface area contributed by atoms with Crippen molar-refractivity contribution in [2.45, 2.75) is 11.7 Å². The van der Waals surface area contributed by atoms with Gasteiger partial charge in [0.1, 0.15) is 0 Å². The fourth-order valence-electron chi connectivity index (χ4n) is 3.48. The molecular formula is C25H24BrN5O4S2. The van der Waals surface area contributed by atoms with Gasteiger partial charge in [0.25, 0.3) is 0 Å². The van der Waals surface area contributed by atoms with Crippen LogP contribution in [0.3, 0.4) is 0 Å². The van der Waals surface area contributed by atoms with Gasteiger partial charge in [-0.2, -0.15) is 0 Å². The Kier molecular flexibility index (Phi) is 8.85. The lowest BCUT2D eigenvalue weighted by atomic mass is 10.1. The first-order chi connectivity index (χ1) is 18.0. The van der Waals surface area contributed by atoms with Crippen LogP contribution in [0.15, 0.2) is 64.1 Å². The molecular weight excluding hydrogens is 578 g/mol. The van der Waals surface area contributed by atoms with Crippen LogP contribution in [0.5, 0.6) is 17.2 Å². The number of thioether (sulfide) groups is 1. The number of nitrogens with zero attached hydrogens (tertiary/aromatic N) is 4. The molecule has 4 rings (SSSR count). The Morgan fingerprint density at radius 1 is 1.11 bits per heavy atom. The molecule has 0 aliphatic carbocycles. The van der Waals surface area contributed by atoms with E-state index in [1.807, 2.05) is 34.2 Å². The van der Waals surface area contributed by atoms with Gasteiger partial charge >= 0.3 is 0 Å². The van der Waals surface area contributed by atoms with Crippen molar-refractivity contribution in [1.82, 2.24) is 19.7 Å². The van der Waals surface area contributed by atoms with Gasteiger partial charge in [-0.15, -0.1) is 28.1 Å². The molecule has 0 saturated carbocycles. The predicted molar refractivity (Wildman–Crippen MR) is 150 cm³/mol. The van der Waals surface area contributed by atoms with E-state index in [0.29, 0.717) is 39.9 Å². The molecule has 0 unspecified atom stereocenters. The van der Waals surface area contributed by atoms with Crippen molar-refractivity contribution in [2.75, 3.05) is 32.4 Å². The highest BCUT2D eigenvalue weighted by Crippen LogP contribution is 2.41. The molecule has 0 spiro atoms. The number of hydrogen-bond donors (Lipinski definition) is 1. The molecule has 0 bridgehead atoms. The maximum Gasteiger partial charge on any atom is 0.236 e. The molecule has 12 heteroatoms. The summed E-state index contributed by atoms with van der Waals surface area (Å²) in [6, 6.07) is 11.5. The minimum Gasteiger partial charge on any atom is -0.493 e. The van der Waals surface area contributed by atoms with Gasteiger partial charge in [-0.05, 0) is 24.3 Å². The Morgan fingerprint density at radius 3 is 2.43 bits per heavy atom. The largest absolute Gasteiger partial charge is 0.493 e. The van der Waals surface area contributed by atoms with Gasteiger partial charge < -0.3 is 19.5 Å². The van der Waals surface area contributed by atoms with Gasteiger partial charge in [-0.25, -0.2) is 4.98 Å². The smallest absolute Gasteiger partial charge is 0.236 e. The first kappa shape index (κ1) is 26.7. The third-order valence-electron chi connectivity index (χ3n) is 5.17.